The normalized spacial score (nSPS) is 11.1. The number of hydrogen-bond donors (Lipinski definition) is 2. The van der Waals surface area contributed by atoms with Crippen LogP contribution in [0.3, 0.4) is 0 Å². The molecule has 0 aliphatic rings. The van der Waals surface area contributed by atoms with Gasteiger partial charge in [0, 0.05) is 36.4 Å². The fourth-order valence-electron chi connectivity index (χ4n) is 1.89. The summed E-state index contributed by atoms with van der Waals surface area (Å²) in [5.41, 5.74) is 3.33. The van der Waals surface area contributed by atoms with Crippen LogP contribution in [-0.2, 0) is 13.1 Å². The van der Waals surface area contributed by atoms with E-state index < -0.39 is 0 Å². The Labute approximate surface area is 98.7 Å². The maximum atomic E-state index is 5.02. The van der Waals surface area contributed by atoms with Crippen LogP contribution in [0.25, 0.3) is 11.0 Å². The summed E-state index contributed by atoms with van der Waals surface area (Å²) < 4.78 is 5.02. The Morgan fingerprint density at radius 3 is 3.18 bits per heavy atom. The van der Waals surface area contributed by atoms with E-state index in [-0.39, 0.29) is 0 Å². The zero-order valence-corrected chi connectivity index (χ0v) is 9.31. The van der Waals surface area contributed by atoms with Gasteiger partial charge in [-0.25, -0.2) is 4.98 Å². The number of aromatic nitrogens is 2. The van der Waals surface area contributed by atoms with Crippen LogP contribution in [-0.4, -0.2) is 9.97 Å². The molecule has 0 aliphatic heterocycles. The lowest BCUT2D eigenvalue weighted by Crippen LogP contribution is -2.11. The van der Waals surface area contributed by atoms with Crippen LogP contribution in [0.4, 0.5) is 0 Å². The third-order valence-corrected chi connectivity index (χ3v) is 2.76. The number of aromatic amines is 1. The van der Waals surface area contributed by atoms with Crippen molar-refractivity contribution in [3.05, 3.63) is 54.2 Å². The highest BCUT2D eigenvalue weighted by molar-refractivity contribution is 5.79. The van der Waals surface area contributed by atoms with Crippen LogP contribution in [0, 0.1) is 0 Å². The molecule has 0 amide bonds. The first-order chi connectivity index (χ1) is 8.43. The molecule has 0 unspecified atom stereocenters. The summed E-state index contributed by atoms with van der Waals surface area (Å²) in [7, 11) is 0. The van der Waals surface area contributed by atoms with Crippen molar-refractivity contribution in [1.82, 2.24) is 15.3 Å². The lowest BCUT2D eigenvalue weighted by Gasteiger charge is -2.01. The minimum atomic E-state index is 0.809. The summed E-state index contributed by atoms with van der Waals surface area (Å²) in [5, 5.41) is 4.55. The molecule has 0 bridgehead atoms. The molecule has 17 heavy (non-hydrogen) atoms. The van der Waals surface area contributed by atoms with Crippen molar-refractivity contribution in [1.29, 1.82) is 0 Å². The van der Waals surface area contributed by atoms with Crippen molar-refractivity contribution >= 4 is 11.0 Å². The predicted octanol–water partition coefficient (Wildman–Crippen LogP) is 2.45. The van der Waals surface area contributed by atoms with E-state index in [1.807, 2.05) is 18.3 Å². The van der Waals surface area contributed by atoms with Crippen molar-refractivity contribution in [3.8, 4) is 0 Å². The van der Waals surface area contributed by atoms with Gasteiger partial charge in [0.2, 0.25) is 0 Å². The molecule has 0 saturated heterocycles. The third-order valence-electron chi connectivity index (χ3n) is 2.76. The Balaban J connectivity index is 1.69. The Bertz CT molecular complexity index is 598. The molecular formula is C13H13N3O. The van der Waals surface area contributed by atoms with E-state index >= 15 is 0 Å². The van der Waals surface area contributed by atoms with Gasteiger partial charge in [0.25, 0.3) is 0 Å². The lowest BCUT2D eigenvalue weighted by molar-refractivity contribution is 0.560. The van der Waals surface area contributed by atoms with Gasteiger partial charge in [0.15, 0.2) is 0 Å². The highest BCUT2D eigenvalue weighted by atomic mass is 16.3. The highest BCUT2D eigenvalue weighted by Crippen LogP contribution is 2.15. The first kappa shape index (κ1) is 10.1. The number of rotatable bonds is 4. The van der Waals surface area contributed by atoms with Crippen LogP contribution in [0.2, 0.25) is 0 Å². The molecule has 3 heterocycles. The number of furan rings is 1. The second kappa shape index (κ2) is 4.43. The van der Waals surface area contributed by atoms with E-state index in [1.54, 1.807) is 18.7 Å². The van der Waals surface area contributed by atoms with Crippen LogP contribution in [0.1, 0.15) is 11.1 Å². The minimum Gasteiger partial charge on any atom is -0.472 e. The molecule has 86 valence electrons. The van der Waals surface area contributed by atoms with Gasteiger partial charge in [-0.3, -0.25) is 0 Å². The van der Waals surface area contributed by atoms with E-state index in [0.717, 1.165) is 24.3 Å². The van der Waals surface area contributed by atoms with Gasteiger partial charge >= 0.3 is 0 Å². The monoisotopic (exact) mass is 227 g/mol. The van der Waals surface area contributed by atoms with E-state index in [0.29, 0.717) is 0 Å². The van der Waals surface area contributed by atoms with Gasteiger partial charge in [-0.1, -0.05) is 0 Å². The molecule has 0 aromatic carbocycles. The van der Waals surface area contributed by atoms with Crippen molar-refractivity contribution in [2.24, 2.45) is 0 Å². The molecule has 3 aromatic rings. The van der Waals surface area contributed by atoms with Gasteiger partial charge < -0.3 is 14.7 Å². The summed E-state index contributed by atoms with van der Waals surface area (Å²) in [5.74, 6) is 0. The van der Waals surface area contributed by atoms with Crippen LogP contribution < -0.4 is 5.32 Å². The Kier molecular flexibility index (Phi) is 2.63. The summed E-state index contributed by atoms with van der Waals surface area (Å²) >= 11 is 0. The fraction of sp³-hybridized carbons (Fsp3) is 0.154. The predicted molar refractivity (Wildman–Crippen MR) is 65.3 cm³/mol. The molecule has 0 spiro atoms. The van der Waals surface area contributed by atoms with Gasteiger partial charge in [0.1, 0.15) is 5.65 Å². The average Bonchev–Trinajstić information content (AvgIpc) is 2.99. The van der Waals surface area contributed by atoms with Gasteiger partial charge in [-0.2, -0.15) is 0 Å². The van der Waals surface area contributed by atoms with Crippen molar-refractivity contribution in [2.75, 3.05) is 0 Å². The number of H-pyrrole nitrogens is 1. The molecule has 4 heteroatoms. The zero-order chi connectivity index (χ0) is 11.5. The van der Waals surface area contributed by atoms with Crippen LogP contribution in [0.15, 0.2) is 47.5 Å². The number of hydrogen-bond acceptors (Lipinski definition) is 3. The largest absolute Gasteiger partial charge is 0.472 e. The molecule has 3 aromatic heterocycles. The molecule has 0 aliphatic carbocycles. The first-order valence-electron chi connectivity index (χ1n) is 5.56. The average molecular weight is 227 g/mol. The fourth-order valence-corrected chi connectivity index (χ4v) is 1.89. The molecule has 0 radical (unpaired) electrons. The molecule has 0 atom stereocenters. The molecule has 0 fully saturated rings. The molecular weight excluding hydrogens is 214 g/mol. The lowest BCUT2D eigenvalue weighted by atomic mass is 10.2. The number of nitrogens with one attached hydrogen (secondary N) is 2. The van der Waals surface area contributed by atoms with E-state index in [4.69, 9.17) is 4.42 Å². The number of nitrogens with zero attached hydrogens (tertiary/aromatic N) is 1. The number of pyridine rings is 1. The quantitative estimate of drug-likeness (QED) is 0.719. The van der Waals surface area contributed by atoms with Gasteiger partial charge in [-0.15, -0.1) is 0 Å². The van der Waals surface area contributed by atoms with Crippen molar-refractivity contribution in [2.45, 2.75) is 13.1 Å². The summed E-state index contributed by atoms with van der Waals surface area (Å²) in [6.07, 6.45) is 7.23. The van der Waals surface area contributed by atoms with E-state index in [1.165, 1.54) is 10.9 Å². The van der Waals surface area contributed by atoms with Crippen molar-refractivity contribution < 1.29 is 4.42 Å². The maximum absolute atomic E-state index is 5.02. The second-order valence-corrected chi connectivity index (χ2v) is 3.95. The van der Waals surface area contributed by atoms with Gasteiger partial charge in [-0.05, 0) is 23.8 Å². The summed E-state index contributed by atoms with van der Waals surface area (Å²) in [6.45, 7) is 1.63. The molecule has 4 nitrogen and oxygen atoms in total. The van der Waals surface area contributed by atoms with Crippen LogP contribution in [0.5, 0.6) is 0 Å². The topological polar surface area (TPSA) is 53.9 Å². The summed E-state index contributed by atoms with van der Waals surface area (Å²) in [6, 6.07) is 5.99. The SMILES string of the molecule is c1cnc2[nH]cc(CNCc3ccoc3)c2c1. The Morgan fingerprint density at radius 2 is 2.29 bits per heavy atom. The molecule has 3 rings (SSSR count). The Morgan fingerprint density at radius 1 is 1.29 bits per heavy atom. The maximum Gasteiger partial charge on any atom is 0.137 e. The second-order valence-electron chi connectivity index (χ2n) is 3.95. The zero-order valence-electron chi connectivity index (χ0n) is 9.31. The smallest absolute Gasteiger partial charge is 0.137 e. The van der Waals surface area contributed by atoms with Crippen molar-refractivity contribution in [3.63, 3.8) is 0 Å². The van der Waals surface area contributed by atoms with E-state index in [9.17, 15) is 0 Å². The van der Waals surface area contributed by atoms with Crippen LogP contribution >= 0.6 is 0 Å². The third kappa shape index (κ3) is 2.07. The van der Waals surface area contributed by atoms with Gasteiger partial charge in [0.05, 0.1) is 12.5 Å². The van der Waals surface area contributed by atoms with E-state index in [2.05, 4.69) is 21.4 Å². The molecule has 2 N–H and O–H groups in total. The minimum absolute atomic E-state index is 0.809. The summed E-state index contributed by atoms with van der Waals surface area (Å²) in [4.78, 5) is 7.42. The highest BCUT2D eigenvalue weighted by Gasteiger charge is 2.03. The molecule has 0 saturated carbocycles. The number of fused-ring (bicyclic) bond motifs is 1. The standard InChI is InChI=1S/C13H13N3O/c1-2-12-11(8-16-13(12)15-4-1)7-14-6-10-3-5-17-9-10/h1-5,8-9,14H,6-7H2,(H,15,16). The first-order valence-corrected chi connectivity index (χ1v) is 5.56. The Hall–Kier alpha value is -2.07.